The monoisotopic (exact) mass is 522 g/mol. The Labute approximate surface area is 216 Å². The first-order valence-corrected chi connectivity index (χ1v) is 11.8. The molecular formula is C26H33ClF2N4O3. The Morgan fingerprint density at radius 3 is 2.31 bits per heavy atom. The summed E-state index contributed by atoms with van der Waals surface area (Å²) in [6.07, 6.45) is 1.13. The van der Waals surface area contributed by atoms with E-state index in [-0.39, 0.29) is 30.8 Å². The summed E-state index contributed by atoms with van der Waals surface area (Å²) in [5.41, 5.74) is 0.889. The molecule has 3 N–H and O–H groups in total. The fourth-order valence-electron chi connectivity index (χ4n) is 4.17. The number of anilines is 1. The lowest BCUT2D eigenvalue weighted by Crippen LogP contribution is -2.57. The molecule has 196 valence electrons. The van der Waals surface area contributed by atoms with Gasteiger partial charge in [0.15, 0.2) is 0 Å². The highest BCUT2D eigenvalue weighted by Gasteiger charge is 2.40. The van der Waals surface area contributed by atoms with E-state index in [0.29, 0.717) is 18.4 Å². The van der Waals surface area contributed by atoms with Gasteiger partial charge in [0, 0.05) is 6.54 Å². The molecule has 10 heteroatoms. The number of likely N-dealkylation sites (N-methyl/N-ethyl adjacent to an activating group) is 1. The molecule has 0 aromatic heterocycles. The van der Waals surface area contributed by atoms with Gasteiger partial charge in [-0.25, -0.2) is 8.78 Å². The molecule has 3 rings (SSSR count). The van der Waals surface area contributed by atoms with Gasteiger partial charge in [0.25, 0.3) is 5.91 Å². The fraction of sp³-hybridized carbons (Fsp3) is 0.423. The highest BCUT2D eigenvalue weighted by Crippen LogP contribution is 2.33. The molecule has 0 spiro atoms. The largest absolute Gasteiger partial charge is 0.343 e. The van der Waals surface area contributed by atoms with Crippen molar-refractivity contribution in [2.45, 2.75) is 51.7 Å². The van der Waals surface area contributed by atoms with E-state index in [0.717, 1.165) is 17.7 Å². The predicted octanol–water partition coefficient (Wildman–Crippen LogP) is 3.59. The number of halogens is 3. The summed E-state index contributed by atoms with van der Waals surface area (Å²) >= 11 is 0. The van der Waals surface area contributed by atoms with Gasteiger partial charge in [0.05, 0.1) is 6.04 Å². The van der Waals surface area contributed by atoms with E-state index < -0.39 is 47.3 Å². The van der Waals surface area contributed by atoms with Gasteiger partial charge in [-0.05, 0) is 49.6 Å². The van der Waals surface area contributed by atoms with Gasteiger partial charge in [-0.3, -0.25) is 14.4 Å². The SMILES string of the molecule is CC[C@H](C)[C@H](NC(=O)C(C)NC)C(=O)N1CCc2ccccc2[C@H]1C(=O)Nc1c(F)cccc1F.Cl. The van der Waals surface area contributed by atoms with Crippen LogP contribution in [0.15, 0.2) is 42.5 Å². The lowest BCUT2D eigenvalue weighted by Gasteiger charge is -2.39. The molecule has 3 amide bonds. The molecule has 36 heavy (non-hydrogen) atoms. The number of fused-ring (bicyclic) bond motifs is 1. The van der Waals surface area contributed by atoms with Gasteiger partial charge < -0.3 is 20.9 Å². The van der Waals surface area contributed by atoms with E-state index >= 15 is 0 Å². The average molecular weight is 523 g/mol. The summed E-state index contributed by atoms with van der Waals surface area (Å²) in [7, 11) is 1.65. The highest BCUT2D eigenvalue weighted by atomic mass is 35.5. The van der Waals surface area contributed by atoms with E-state index in [9.17, 15) is 23.2 Å². The molecule has 2 aromatic carbocycles. The predicted molar refractivity (Wildman–Crippen MR) is 137 cm³/mol. The summed E-state index contributed by atoms with van der Waals surface area (Å²) in [4.78, 5) is 41.3. The zero-order valence-corrected chi connectivity index (χ0v) is 21.6. The van der Waals surface area contributed by atoms with E-state index in [1.165, 1.54) is 11.0 Å². The maximum absolute atomic E-state index is 14.3. The van der Waals surface area contributed by atoms with Crippen LogP contribution in [0.5, 0.6) is 0 Å². The fourth-order valence-corrected chi connectivity index (χ4v) is 4.17. The molecule has 4 atom stereocenters. The Morgan fingerprint density at radius 2 is 1.69 bits per heavy atom. The number of amides is 3. The van der Waals surface area contributed by atoms with Gasteiger partial charge in [-0.15, -0.1) is 12.4 Å². The number of para-hydroxylation sites is 1. The third-order valence-electron chi connectivity index (χ3n) is 6.63. The van der Waals surface area contributed by atoms with E-state index in [4.69, 9.17) is 0 Å². The van der Waals surface area contributed by atoms with E-state index in [2.05, 4.69) is 16.0 Å². The molecule has 1 aliphatic rings. The molecule has 1 aliphatic heterocycles. The van der Waals surface area contributed by atoms with Crippen LogP contribution in [-0.4, -0.2) is 48.3 Å². The number of carbonyl (C=O) groups excluding carboxylic acids is 3. The van der Waals surface area contributed by atoms with Gasteiger partial charge in [-0.1, -0.05) is 50.6 Å². The van der Waals surface area contributed by atoms with Crippen LogP contribution in [0.1, 0.15) is 44.4 Å². The Balaban J connectivity index is 0.00000456. The van der Waals surface area contributed by atoms with Crippen molar-refractivity contribution in [2.75, 3.05) is 18.9 Å². The minimum atomic E-state index is -1.11. The quantitative estimate of drug-likeness (QED) is 0.494. The Hall–Kier alpha value is -3.04. The second kappa shape index (κ2) is 12.8. The molecule has 1 unspecified atom stereocenters. The number of nitrogens with zero attached hydrogens (tertiary/aromatic N) is 1. The summed E-state index contributed by atoms with van der Waals surface area (Å²) < 4.78 is 28.5. The standard InChI is InChI=1S/C26H32F2N4O3.ClH/c1-5-15(2)21(30-24(33)16(3)29-4)26(35)32-14-13-17-9-6-7-10-18(17)23(32)25(34)31-22-19(27)11-8-12-20(22)28;/h6-12,15-16,21,23,29H,5,13-14H2,1-4H3,(H,30,33)(H,31,34);1H/t15-,16?,21-,23-;/m0./s1. The van der Waals surface area contributed by atoms with Crippen LogP contribution >= 0.6 is 12.4 Å². The van der Waals surface area contributed by atoms with Gasteiger partial charge >= 0.3 is 0 Å². The Kier molecular flexibility index (Phi) is 10.4. The molecule has 0 saturated heterocycles. The number of hydrogen-bond donors (Lipinski definition) is 3. The van der Waals surface area contributed by atoms with Crippen molar-refractivity contribution < 1.29 is 23.2 Å². The first-order valence-electron chi connectivity index (χ1n) is 11.8. The van der Waals surface area contributed by atoms with Crippen molar-refractivity contribution in [3.05, 3.63) is 65.2 Å². The maximum atomic E-state index is 14.3. The minimum Gasteiger partial charge on any atom is -0.343 e. The van der Waals surface area contributed by atoms with Crippen LogP contribution in [-0.2, 0) is 20.8 Å². The van der Waals surface area contributed by atoms with Crippen molar-refractivity contribution in [2.24, 2.45) is 5.92 Å². The Morgan fingerprint density at radius 1 is 1.06 bits per heavy atom. The zero-order chi connectivity index (χ0) is 25.7. The van der Waals surface area contributed by atoms with Crippen LogP contribution in [0.2, 0.25) is 0 Å². The third kappa shape index (κ3) is 6.20. The van der Waals surface area contributed by atoms with E-state index in [1.807, 2.05) is 26.0 Å². The van der Waals surface area contributed by atoms with Crippen molar-refractivity contribution in [3.8, 4) is 0 Å². The van der Waals surface area contributed by atoms with Crippen molar-refractivity contribution in [1.82, 2.24) is 15.5 Å². The zero-order valence-electron chi connectivity index (χ0n) is 20.8. The van der Waals surface area contributed by atoms with E-state index in [1.54, 1.807) is 26.1 Å². The lowest BCUT2D eigenvalue weighted by molar-refractivity contribution is -0.144. The van der Waals surface area contributed by atoms with Crippen molar-refractivity contribution in [1.29, 1.82) is 0 Å². The molecule has 0 radical (unpaired) electrons. The minimum absolute atomic E-state index is 0. The highest BCUT2D eigenvalue weighted by molar-refractivity contribution is 6.00. The summed E-state index contributed by atoms with van der Waals surface area (Å²) in [6, 6.07) is 7.99. The van der Waals surface area contributed by atoms with Crippen LogP contribution in [0.3, 0.4) is 0 Å². The first-order chi connectivity index (χ1) is 16.7. The number of rotatable bonds is 8. The molecule has 1 heterocycles. The molecule has 0 aliphatic carbocycles. The summed E-state index contributed by atoms with van der Waals surface area (Å²) in [6.45, 7) is 5.67. The maximum Gasteiger partial charge on any atom is 0.251 e. The average Bonchev–Trinajstić information content (AvgIpc) is 2.87. The Bertz CT molecular complexity index is 1080. The number of benzene rings is 2. The van der Waals surface area contributed by atoms with Gasteiger partial charge in [0.1, 0.15) is 29.4 Å². The normalized spacial score (nSPS) is 17.2. The molecule has 0 fully saturated rings. The van der Waals surface area contributed by atoms with Crippen LogP contribution in [0, 0.1) is 17.6 Å². The summed E-state index contributed by atoms with van der Waals surface area (Å²) in [5.74, 6) is -3.51. The number of nitrogens with one attached hydrogen (secondary N) is 3. The van der Waals surface area contributed by atoms with Crippen LogP contribution in [0.25, 0.3) is 0 Å². The van der Waals surface area contributed by atoms with Crippen LogP contribution in [0.4, 0.5) is 14.5 Å². The van der Waals surface area contributed by atoms with Gasteiger partial charge in [0.2, 0.25) is 11.8 Å². The smallest absolute Gasteiger partial charge is 0.251 e. The van der Waals surface area contributed by atoms with Crippen molar-refractivity contribution in [3.63, 3.8) is 0 Å². The molecule has 0 saturated carbocycles. The molecular weight excluding hydrogens is 490 g/mol. The molecule has 7 nitrogen and oxygen atoms in total. The second-order valence-electron chi connectivity index (χ2n) is 8.85. The third-order valence-corrected chi connectivity index (χ3v) is 6.63. The van der Waals surface area contributed by atoms with Crippen molar-refractivity contribution >= 4 is 35.8 Å². The molecule has 0 bridgehead atoms. The van der Waals surface area contributed by atoms with Crippen LogP contribution < -0.4 is 16.0 Å². The molecule has 2 aromatic rings. The summed E-state index contributed by atoms with van der Waals surface area (Å²) in [5, 5.41) is 8.02. The lowest BCUT2D eigenvalue weighted by atomic mass is 9.89. The number of carbonyl (C=O) groups is 3. The first kappa shape index (κ1) is 29.2. The second-order valence-corrected chi connectivity index (χ2v) is 8.85. The number of hydrogen-bond acceptors (Lipinski definition) is 4. The van der Waals surface area contributed by atoms with Gasteiger partial charge in [-0.2, -0.15) is 0 Å². The topological polar surface area (TPSA) is 90.5 Å².